The first kappa shape index (κ1) is 10.3. The maximum atomic E-state index is 10.7. The smallest absolute Gasteiger partial charge is 0.156 e. The topological polar surface area (TPSA) is 38.3 Å². The van der Waals surface area contributed by atoms with E-state index in [-0.39, 0.29) is 12.0 Å². The van der Waals surface area contributed by atoms with Crippen molar-refractivity contribution in [3.63, 3.8) is 0 Å². The molecule has 0 radical (unpaired) electrons. The van der Waals surface area contributed by atoms with E-state index in [1.54, 1.807) is 7.11 Å². The van der Waals surface area contributed by atoms with Crippen molar-refractivity contribution < 1.29 is 9.53 Å². The van der Waals surface area contributed by atoms with Crippen molar-refractivity contribution in [1.29, 1.82) is 0 Å². The monoisotopic (exact) mass is 157 g/mol. The summed E-state index contributed by atoms with van der Waals surface area (Å²) >= 11 is 0. The normalized spacial score (nSPS) is 12.5. The number of methoxy groups -OCH3 is 1. The summed E-state index contributed by atoms with van der Waals surface area (Å²) < 4.78 is 4.92. The van der Waals surface area contributed by atoms with Crippen molar-refractivity contribution in [1.82, 2.24) is 5.32 Å². The van der Waals surface area contributed by atoms with Crippen molar-refractivity contribution in [2.75, 3.05) is 13.7 Å². The van der Waals surface area contributed by atoms with Crippen molar-refractivity contribution in [2.45, 2.75) is 19.6 Å². The second-order valence-corrected chi connectivity index (χ2v) is 2.25. The molecule has 0 saturated heterocycles. The summed E-state index contributed by atoms with van der Waals surface area (Å²) in [6.45, 7) is 5.90. The summed E-state index contributed by atoms with van der Waals surface area (Å²) in [5, 5.41) is 3.01. The van der Waals surface area contributed by atoms with Crippen LogP contribution in [0.4, 0.5) is 0 Å². The molecule has 0 aliphatic rings. The number of carbonyl (C=O) groups excluding carboxylic acids is 1. The molecule has 0 bridgehead atoms. The molecule has 0 heterocycles. The molecule has 11 heavy (non-hydrogen) atoms. The van der Waals surface area contributed by atoms with Crippen LogP contribution in [0.25, 0.3) is 0 Å². The molecule has 0 saturated carbocycles. The summed E-state index contributed by atoms with van der Waals surface area (Å²) in [7, 11) is 1.62. The SMILES string of the molecule is C=CC(=O)CCNC(C)OC. The highest BCUT2D eigenvalue weighted by atomic mass is 16.5. The molecule has 1 N–H and O–H groups in total. The molecule has 0 aliphatic heterocycles. The Morgan fingerprint density at radius 1 is 1.82 bits per heavy atom. The van der Waals surface area contributed by atoms with Crippen LogP contribution in [0.15, 0.2) is 12.7 Å². The zero-order valence-corrected chi connectivity index (χ0v) is 7.09. The highest BCUT2D eigenvalue weighted by Crippen LogP contribution is 1.85. The lowest BCUT2D eigenvalue weighted by molar-refractivity contribution is -0.114. The lowest BCUT2D eigenvalue weighted by Crippen LogP contribution is -2.29. The van der Waals surface area contributed by atoms with Crippen LogP contribution in [0, 0.1) is 0 Å². The van der Waals surface area contributed by atoms with E-state index in [0.717, 1.165) is 0 Å². The molecule has 0 fully saturated rings. The van der Waals surface area contributed by atoms with Gasteiger partial charge in [-0.25, -0.2) is 0 Å². The van der Waals surface area contributed by atoms with Gasteiger partial charge in [-0.05, 0) is 13.0 Å². The minimum Gasteiger partial charge on any atom is -0.367 e. The third kappa shape index (κ3) is 5.76. The number of ether oxygens (including phenoxy) is 1. The Kier molecular flexibility index (Phi) is 5.70. The number of hydrogen-bond acceptors (Lipinski definition) is 3. The Balaban J connectivity index is 3.26. The number of carbonyl (C=O) groups is 1. The van der Waals surface area contributed by atoms with Crippen LogP contribution in [0.3, 0.4) is 0 Å². The molecular weight excluding hydrogens is 142 g/mol. The number of allylic oxidation sites excluding steroid dienone is 1. The fourth-order valence-corrected chi connectivity index (χ4v) is 0.584. The maximum absolute atomic E-state index is 10.7. The Morgan fingerprint density at radius 3 is 2.91 bits per heavy atom. The highest BCUT2D eigenvalue weighted by Gasteiger charge is 1.98. The third-order valence-corrected chi connectivity index (χ3v) is 1.38. The van der Waals surface area contributed by atoms with Crippen molar-refractivity contribution in [2.24, 2.45) is 0 Å². The molecule has 0 aromatic heterocycles. The van der Waals surface area contributed by atoms with Crippen LogP contribution in [-0.4, -0.2) is 25.7 Å². The third-order valence-electron chi connectivity index (χ3n) is 1.38. The summed E-state index contributed by atoms with van der Waals surface area (Å²) in [5.74, 6) is 0.0563. The Bertz CT molecular complexity index is 134. The van der Waals surface area contributed by atoms with Gasteiger partial charge in [0.25, 0.3) is 0 Å². The van der Waals surface area contributed by atoms with E-state index < -0.39 is 0 Å². The first-order valence-corrected chi connectivity index (χ1v) is 3.62. The summed E-state index contributed by atoms with van der Waals surface area (Å²) in [6, 6.07) is 0. The second-order valence-electron chi connectivity index (χ2n) is 2.25. The van der Waals surface area contributed by atoms with Crippen LogP contribution < -0.4 is 5.32 Å². The molecular formula is C8H15NO2. The first-order chi connectivity index (χ1) is 5.20. The molecule has 3 nitrogen and oxygen atoms in total. The first-order valence-electron chi connectivity index (χ1n) is 3.62. The number of rotatable bonds is 6. The molecule has 0 aromatic carbocycles. The molecule has 64 valence electrons. The van der Waals surface area contributed by atoms with Crippen molar-refractivity contribution in [3.05, 3.63) is 12.7 Å². The van der Waals surface area contributed by atoms with Gasteiger partial charge >= 0.3 is 0 Å². The van der Waals surface area contributed by atoms with Gasteiger partial charge in [0, 0.05) is 20.1 Å². The van der Waals surface area contributed by atoms with E-state index in [2.05, 4.69) is 11.9 Å². The van der Waals surface area contributed by atoms with E-state index >= 15 is 0 Å². The van der Waals surface area contributed by atoms with Crippen LogP contribution in [-0.2, 0) is 9.53 Å². The minimum atomic E-state index is 0.00705. The molecule has 0 amide bonds. The van der Waals surface area contributed by atoms with Crippen LogP contribution in [0.2, 0.25) is 0 Å². The Hall–Kier alpha value is -0.670. The number of nitrogens with one attached hydrogen (secondary N) is 1. The predicted octanol–water partition coefficient (Wildman–Crippen LogP) is 0.714. The molecule has 0 aliphatic carbocycles. The minimum absolute atomic E-state index is 0.00705. The van der Waals surface area contributed by atoms with E-state index in [1.165, 1.54) is 6.08 Å². The van der Waals surface area contributed by atoms with Crippen LogP contribution in [0.5, 0.6) is 0 Å². The molecule has 3 heteroatoms. The van der Waals surface area contributed by atoms with Gasteiger partial charge in [-0.3, -0.25) is 10.1 Å². The number of ketones is 1. The van der Waals surface area contributed by atoms with Crippen molar-refractivity contribution >= 4 is 5.78 Å². The lowest BCUT2D eigenvalue weighted by Gasteiger charge is -2.09. The average molecular weight is 157 g/mol. The summed E-state index contributed by atoms with van der Waals surface area (Å²) in [5.41, 5.74) is 0. The zero-order valence-electron chi connectivity index (χ0n) is 7.09. The fraction of sp³-hybridized carbons (Fsp3) is 0.625. The molecule has 0 rings (SSSR count). The van der Waals surface area contributed by atoms with Gasteiger partial charge in [0.2, 0.25) is 0 Å². The summed E-state index contributed by atoms with van der Waals surface area (Å²) in [6.07, 6.45) is 1.82. The standard InChI is InChI=1S/C8H15NO2/c1-4-8(10)5-6-9-7(2)11-3/h4,7,9H,1,5-6H2,2-3H3. The molecule has 1 unspecified atom stereocenters. The molecule has 0 spiro atoms. The van der Waals surface area contributed by atoms with Crippen molar-refractivity contribution in [3.8, 4) is 0 Å². The largest absolute Gasteiger partial charge is 0.367 e. The highest BCUT2D eigenvalue weighted by molar-refractivity contribution is 5.89. The van der Waals surface area contributed by atoms with E-state index in [9.17, 15) is 4.79 Å². The van der Waals surface area contributed by atoms with E-state index in [4.69, 9.17) is 4.74 Å². The lowest BCUT2D eigenvalue weighted by atomic mass is 10.3. The average Bonchev–Trinajstić information content (AvgIpc) is 2.04. The van der Waals surface area contributed by atoms with Gasteiger partial charge in [0.05, 0.1) is 0 Å². The van der Waals surface area contributed by atoms with Gasteiger partial charge in [-0.2, -0.15) is 0 Å². The molecule has 0 aromatic rings. The maximum Gasteiger partial charge on any atom is 0.156 e. The Morgan fingerprint density at radius 2 is 2.45 bits per heavy atom. The predicted molar refractivity (Wildman–Crippen MR) is 44.3 cm³/mol. The van der Waals surface area contributed by atoms with Gasteiger partial charge in [0.1, 0.15) is 6.23 Å². The summed E-state index contributed by atoms with van der Waals surface area (Å²) in [4.78, 5) is 10.7. The van der Waals surface area contributed by atoms with Gasteiger partial charge in [-0.15, -0.1) is 0 Å². The van der Waals surface area contributed by atoms with Crippen LogP contribution >= 0.6 is 0 Å². The quantitative estimate of drug-likeness (QED) is 0.456. The van der Waals surface area contributed by atoms with Gasteiger partial charge < -0.3 is 4.74 Å². The van der Waals surface area contributed by atoms with Gasteiger partial charge in [-0.1, -0.05) is 6.58 Å². The zero-order chi connectivity index (χ0) is 8.69. The fourth-order valence-electron chi connectivity index (χ4n) is 0.584. The molecule has 1 atom stereocenters. The second kappa shape index (κ2) is 6.07. The van der Waals surface area contributed by atoms with Crippen LogP contribution in [0.1, 0.15) is 13.3 Å². The van der Waals surface area contributed by atoms with Gasteiger partial charge in [0.15, 0.2) is 5.78 Å². The van der Waals surface area contributed by atoms with E-state index in [0.29, 0.717) is 13.0 Å². The van der Waals surface area contributed by atoms with E-state index in [1.807, 2.05) is 6.92 Å². The Labute approximate surface area is 67.4 Å². The number of hydrogen-bond donors (Lipinski definition) is 1.